The van der Waals surface area contributed by atoms with Crippen LogP contribution in [-0.2, 0) is 19.4 Å². The van der Waals surface area contributed by atoms with E-state index in [1.807, 2.05) is 22.1 Å². The highest BCUT2D eigenvalue weighted by Crippen LogP contribution is 2.42. The molecule has 0 saturated carbocycles. The topological polar surface area (TPSA) is 121 Å². The number of halogens is 1. The maximum Gasteiger partial charge on any atom is 0.246 e. The predicted molar refractivity (Wildman–Crippen MR) is 173 cm³/mol. The highest BCUT2D eigenvalue weighted by atomic mass is 32.2. The first-order valence-electron chi connectivity index (χ1n) is 15.4. The standard InChI is InChI=1S/C32H40FN7O4S/c1-5-31(41)39-13-6-7-26(39)22-8-9-27(40-17-21(20(40)2)19-45(4,42)43)24-16-35-30(15-23(22)24)36-29-10-12-34-32(37-29)38-14-11-28(44-3)25(33)18-38/h5,8-10,12,15-16,20-21,25-26,28H,1,6-7,11,13-14,17-19H2,2-4H3,(H,34,35,36,37)/t20-,21-,25-,26+,28+/m1/s1. The summed E-state index contributed by atoms with van der Waals surface area (Å²) < 4.78 is 43.8. The minimum absolute atomic E-state index is 0.0502. The molecule has 1 aromatic carbocycles. The molecule has 1 N–H and O–H groups in total. The molecule has 3 aliphatic rings. The second-order valence-corrected chi connectivity index (χ2v) is 14.5. The normalized spacial score (nSPS) is 25.3. The van der Waals surface area contributed by atoms with E-state index in [4.69, 9.17) is 9.72 Å². The number of hydrogen-bond donors (Lipinski definition) is 1. The van der Waals surface area contributed by atoms with Crippen LogP contribution in [0.15, 0.2) is 49.3 Å². The third-order valence-electron chi connectivity index (χ3n) is 9.38. The minimum Gasteiger partial charge on any atom is -0.378 e. The second-order valence-electron chi connectivity index (χ2n) is 12.3. The first kappa shape index (κ1) is 31.2. The van der Waals surface area contributed by atoms with Crippen LogP contribution < -0.4 is 15.1 Å². The Kier molecular flexibility index (Phi) is 8.66. The number of hydrogen-bond acceptors (Lipinski definition) is 10. The summed E-state index contributed by atoms with van der Waals surface area (Å²) in [4.78, 5) is 32.4. The number of aromatic nitrogens is 3. The number of carbonyl (C=O) groups is 1. The quantitative estimate of drug-likeness (QED) is 0.344. The number of carbonyl (C=O) groups excluding carboxylic acids is 1. The maximum absolute atomic E-state index is 14.6. The third-order valence-corrected chi connectivity index (χ3v) is 10.4. The SMILES string of the molecule is C=CC(=O)N1CCC[C@H]1c1ccc(N2C[C@H](CS(C)(=O)=O)[C@H]2C)c2cnc(Nc3ccnc(N4CC[C@H](OC)[C@H](F)C4)n3)cc12. The molecule has 1 amide bonds. The van der Waals surface area contributed by atoms with Crippen molar-refractivity contribution < 1.29 is 22.3 Å². The lowest BCUT2D eigenvalue weighted by Gasteiger charge is -2.48. The summed E-state index contributed by atoms with van der Waals surface area (Å²) in [5.41, 5.74) is 2.00. The van der Waals surface area contributed by atoms with Gasteiger partial charge in [0, 0.05) is 68.4 Å². The van der Waals surface area contributed by atoms with Gasteiger partial charge < -0.3 is 24.8 Å². The monoisotopic (exact) mass is 637 g/mol. The van der Waals surface area contributed by atoms with Gasteiger partial charge in [-0.2, -0.15) is 4.98 Å². The molecule has 0 radical (unpaired) electrons. The molecule has 3 aromatic rings. The van der Waals surface area contributed by atoms with Crippen molar-refractivity contribution in [3.8, 4) is 0 Å². The Bertz CT molecular complexity index is 1710. The predicted octanol–water partition coefficient (Wildman–Crippen LogP) is 4.05. The molecule has 3 fully saturated rings. The number of amides is 1. The molecule has 0 spiro atoms. The van der Waals surface area contributed by atoms with Gasteiger partial charge in [0.2, 0.25) is 11.9 Å². The van der Waals surface area contributed by atoms with Gasteiger partial charge in [-0.3, -0.25) is 4.79 Å². The number of benzene rings is 1. The van der Waals surface area contributed by atoms with E-state index >= 15 is 0 Å². The van der Waals surface area contributed by atoms with E-state index in [0.29, 0.717) is 43.6 Å². The number of sulfone groups is 1. The van der Waals surface area contributed by atoms with Gasteiger partial charge in [-0.05, 0) is 61.4 Å². The molecule has 240 valence electrons. The van der Waals surface area contributed by atoms with Gasteiger partial charge in [-0.15, -0.1) is 0 Å². The highest BCUT2D eigenvalue weighted by Gasteiger charge is 2.39. The summed E-state index contributed by atoms with van der Waals surface area (Å²) in [5, 5.41) is 5.19. The molecule has 13 heteroatoms. The van der Waals surface area contributed by atoms with E-state index in [1.54, 1.807) is 12.3 Å². The van der Waals surface area contributed by atoms with Crippen LogP contribution in [0.2, 0.25) is 0 Å². The van der Waals surface area contributed by atoms with Gasteiger partial charge in [0.25, 0.3) is 0 Å². The van der Waals surface area contributed by atoms with Crippen molar-refractivity contribution in [2.45, 2.75) is 50.5 Å². The Labute approximate surface area is 263 Å². The van der Waals surface area contributed by atoms with Gasteiger partial charge in [0.1, 0.15) is 27.6 Å². The number of nitrogens with zero attached hydrogens (tertiary/aromatic N) is 6. The van der Waals surface area contributed by atoms with Crippen molar-refractivity contribution in [2.24, 2.45) is 5.92 Å². The number of alkyl halides is 1. The smallest absolute Gasteiger partial charge is 0.246 e. The van der Waals surface area contributed by atoms with Crippen LogP contribution in [0.3, 0.4) is 0 Å². The zero-order chi connectivity index (χ0) is 31.9. The van der Waals surface area contributed by atoms with Crippen LogP contribution in [0.4, 0.5) is 27.7 Å². The molecule has 5 atom stereocenters. The molecule has 2 aromatic heterocycles. The van der Waals surface area contributed by atoms with Crippen molar-refractivity contribution >= 4 is 49.8 Å². The third kappa shape index (κ3) is 6.32. The number of piperidine rings is 1. The first-order chi connectivity index (χ1) is 21.6. The average molecular weight is 638 g/mol. The van der Waals surface area contributed by atoms with Crippen molar-refractivity contribution in [2.75, 3.05) is 60.4 Å². The van der Waals surface area contributed by atoms with Gasteiger partial charge in [-0.1, -0.05) is 12.6 Å². The molecular formula is C32H40FN7O4S. The van der Waals surface area contributed by atoms with Gasteiger partial charge >= 0.3 is 0 Å². The summed E-state index contributed by atoms with van der Waals surface area (Å²) in [6.07, 6.45) is 6.84. The Morgan fingerprint density at radius 2 is 1.98 bits per heavy atom. The highest BCUT2D eigenvalue weighted by molar-refractivity contribution is 7.90. The van der Waals surface area contributed by atoms with Crippen molar-refractivity contribution in [3.63, 3.8) is 0 Å². The van der Waals surface area contributed by atoms with Crippen LogP contribution >= 0.6 is 0 Å². The Balaban J connectivity index is 1.33. The van der Waals surface area contributed by atoms with Crippen molar-refractivity contribution in [1.82, 2.24) is 19.9 Å². The van der Waals surface area contributed by atoms with Crippen molar-refractivity contribution in [1.29, 1.82) is 0 Å². The van der Waals surface area contributed by atoms with E-state index in [-0.39, 0.29) is 36.2 Å². The molecule has 0 aliphatic carbocycles. The Morgan fingerprint density at radius 1 is 1.16 bits per heavy atom. The molecule has 45 heavy (non-hydrogen) atoms. The zero-order valence-corrected chi connectivity index (χ0v) is 26.7. The number of anilines is 4. The van der Waals surface area contributed by atoms with Gasteiger partial charge in [0.05, 0.1) is 24.4 Å². The van der Waals surface area contributed by atoms with Gasteiger partial charge in [-0.25, -0.2) is 22.8 Å². The minimum atomic E-state index is -3.08. The molecule has 11 nitrogen and oxygen atoms in total. The van der Waals surface area contributed by atoms with Crippen LogP contribution in [0.1, 0.15) is 37.8 Å². The molecule has 0 bridgehead atoms. The van der Waals surface area contributed by atoms with E-state index in [0.717, 1.165) is 34.9 Å². The second kappa shape index (κ2) is 12.5. The lowest BCUT2D eigenvalue weighted by molar-refractivity contribution is -0.126. The summed E-state index contributed by atoms with van der Waals surface area (Å²) in [6.45, 7) is 7.80. The van der Waals surface area contributed by atoms with E-state index in [2.05, 4.69) is 45.8 Å². The summed E-state index contributed by atoms with van der Waals surface area (Å²) in [6, 6.07) is 7.81. The van der Waals surface area contributed by atoms with Crippen LogP contribution in [0, 0.1) is 5.92 Å². The molecule has 5 heterocycles. The molecule has 3 saturated heterocycles. The van der Waals surface area contributed by atoms with Gasteiger partial charge in [0.15, 0.2) is 0 Å². The molecular weight excluding hydrogens is 597 g/mol. The van der Waals surface area contributed by atoms with Crippen molar-refractivity contribution in [3.05, 3.63) is 54.9 Å². The number of nitrogens with one attached hydrogen (secondary N) is 1. The zero-order valence-electron chi connectivity index (χ0n) is 25.9. The van der Waals surface area contributed by atoms with E-state index < -0.39 is 22.1 Å². The number of methoxy groups -OCH3 is 1. The number of rotatable bonds is 9. The largest absolute Gasteiger partial charge is 0.378 e. The average Bonchev–Trinajstić information content (AvgIpc) is 3.51. The van der Waals surface area contributed by atoms with E-state index in [9.17, 15) is 17.6 Å². The molecule has 0 unspecified atom stereocenters. The fourth-order valence-electron chi connectivity index (χ4n) is 6.95. The fourth-order valence-corrected chi connectivity index (χ4v) is 8.11. The number of ether oxygens (including phenoxy) is 1. The lowest BCUT2D eigenvalue weighted by Crippen LogP contribution is -2.57. The first-order valence-corrected chi connectivity index (χ1v) is 17.4. The fraction of sp³-hybridized carbons (Fsp3) is 0.500. The number of fused-ring (bicyclic) bond motifs is 1. The summed E-state index contributed by atoms with van der Waals surface area (Å²) >= 11 is 0. The number of pyridine rings is 1. The van der Waals surface area contributed by atoms with Crippen LogP contribution in [0.25, 0.3) is 10.8 Å². The van der Waals surface area contributed by atoms with Crippen LogP contribution in [-0.4, -0.2) is 97.8 Å². The Hall–Kier alpha value is -3.84. The maximum atomic E-state index is 14.6. The lowest BCUT2D eigenvalue weighted by atomic mass is 9.89. The molecule has 6 rings (SSSR count). The van der Waals surface area contributed by atoms with E-state index in [1.165, 1.54) is 19.4 Å². The number of likely N-dealkylation sites (tertiary alicyclic amines) is 1. The summed E-state index contributed by atoms with van der Waals surface area (Å²) in [7, 11) is -1.55. The Morgan fingerprint density at radius 3 is 2.69 bits per heavy atom. The van der Waals surface area contributed by atoms with Crippen LogP contribution in [0.5, 0.6) is 0 Å². The molecule has 3 aliphatic heterocycles. The summed E-state index contributed by atoms with van der Waals surface area (Å²) in [5.74, 6) is 1.64.